The molecule has 1 atom stereocenters. The zero-order chi connectivity index (χ0) is 25.9. The lowest BCUT2D eigenvalue weighted by molar-refractivity contribution is -0.149. The number of aryl methyl sites for hydroxylation is 2. The minimum Gasteiger partial charge on any atom is -0.467 e. The third-order valence-electron chi connectivity index (χ3n) is 6.25. The minimum atomic E-state index is -1.21. The number of esters is 1. The number of methoxy groups -OCH3 is 1. The van der Waals surface area contributed by atoms with Gasteiger partial charge in [0.05, 0.1) is 7.11 Å². The van der Waals surface area contributed by atoms with Gasteiger partial charge >= 0.3 is 12.1 Å². The summed E-state index contributed by atoms with van der Waals surface area (Å²) >= 11 is 0. The van der Waals surface area contributed by atoms with E-state index in [1.54, 1.807) is 20.8 Å². The SMILES string of the molecule is COC(=O)C1(NC(=O)OC(C)(C)C)CCc2ccc(Oc3ccccc3-c3cccc(C)c3)cc2C1. The number of para-hydroxylation sites is 1. The standard InChI is InChI=1S/C30H33NO5/c1-20-9-8-10-22(17-20)25-11-6-7-12-26(25)35-24-14-13-21-15-16-30(27(32)34-5,19-23(21)18-24)31-28(33)36-29(2,3)4/h6-14,17-18H,15-16,19H2,1-5H3,(H,31,33). The fourth-order valence-electron chi connectivity index (χ4n) is 4.60. The molecule has 0 saturated heterocycles. The van der Waals surface area contributed by atoms with E-state index in [0.29, 0.717) is 18.6 Å². The quantitative estimate of drug-likeness (QED) is 0.423. The van der Waals surface area contributed by atoms with Crippen molar-refractivity contribution in [1.82, 2.24) is 5.32 Å². The monoisotopic (exact) mass is 487 g/mol. The van der Waals surface area contributed by atoms with E-state index in [4.69, 9.17) is 14.2 Å². The van der Waals surface area contributed by atoms with E-state index in [0.717, 1.165) is 28.0 Å². The Hall–Kier alpha value is -3.80. The number of benzene rings is 3. The van der Waals surface area contributed by atoms with Gasteiger partial charge in [0.2, 0.25) is 0 Å². The van der Waals surface area contributed by atoms with Gasteiger partial charge in [-0.2, -0.15) is 0 Å². The summed E-state index contributed by atoms with van der Waals surface area (Å²) in [6.45, 7) is 7.42. The van der Waals surface area contributed by atoms with Gasteiger partial charge in [0.15, 0.2) is 0 Å². The van der Waals surface area contributed by atoms with E-state index in [9.17, 15) is 9.59 Å². The first-order valence-corrected chi connectivity index (χ1v) is 12.1. The Bertz CT molecular complexity index is 1280. The molecule has 188 valence electrons. The maximum absolute atomic E-state index is 12.9. The number of hydrogen-bond acceptors (Lipinski definition) is 5. The molecule has 3 aromatic rings. The lowest BCUT2D eigenvalue weighted by Gasteiger charge is -2.36. The first kappa shape index (κ1) is 25.3. The molecule has 0 saturated carbocycles. The van der Waals surface area contributed by atoms with Gasteiger partial charge in [-0.05, 0) is 75.4 Å². The summed E-state index contributed by atoms with van der Waals surface area (Å²) in [5.74, 6) is 0.909. The van der Waals surface area contributed by atoms with Gasteiger partial charge in [-0.15, -0.1) is 0 Å². The molecule has 0 fully saturated rings. The Morgan fingerprint density at radius 2 is 1.72 bits per heavy atom. The van der Waals surface area contributed by atoms with Crippen molar-refractivity contribution in [3.05, 3.63) is 83.4 Å². The van der Waals surface area contributed by atoms with Crippen molar-refractivity contribution >= 4 is 12.1 Å². The zero-order valence-corrected chi connectivity index (χ0v) is 21.5. The lowest BCUT2D eigenvalue weighted by Crippen LogP contribution is -2.59. The molecule has 1 aliphatic rings. The molecule has 0 bridgehead atoms. The van der Waals surface area contributed by atoms with E-state index < -0.39 is 23.2 Å². The summed E-state index contributed by atoms with van der Waals surface area (Å²) in [5.41, 5.74) is 3.40. The molecular weight excluding hydrogens is 454 g/mol. The predicted molar refractivity (Wildman–Crippen MR) is 139 cm³/mol. The number of amides is 1. The molecule has 0 radical (unpaired) electrons. The highest BCUT2D eigenvalue weighted by Crippen LogP contribution is 2.37. The summed E-state index contributed by atoms with van der Waals surface area (Å²) < 4.78 is 16.9. The molecule has 1 aliphatic carbocycles. The number of ether oxygens (including phenoxy) is 3. The number of carbonyl (C=O) groups is 2. The topological polar surface area (TPSA) is 73.9 Å². The Kier molecular flexibility index (Phi) is 7.07. The van der Waals surface area contributed by atoms with Crippen LogP contribution in [0.15, 0.2) is 66.7 Å². The molecule has 6 nitrogen and oxygen atoms in total. The van der Waals surface area contributed by atoms with E-state index in [1.807, 2.05) is 48.5 Å². The van der Waals surface area contributed by atoms with Gasteiger partial charge in [0.1, 0.15) is 22.6 Å². The Morgan fingerprint density at radius 1 is 0.944 bits per heavy atom. The molecule has 1 unspecified atom stereocenters. The van der Waals surface area contributed by atoms with E-state index in [2.05, 4.69) is 30.4 Å². The average Bonchev–Trinajstić information content (AvgIpc) is 2.82. The number of nitrogens with one attached hydrogen (secondary N) is 1. The molecule has 1 N–H and O–H groups in total. The Morgan fingerprint density at radius 3 is 2.44 bits per heavy atom. The van der Waals surface area contributed by atoms with Gasteiger partial charge in [0, 0.05) is 12.0 Å². The number of rotatable bonds is 5. The molecule has 0 heterocycles. The molecule has 0 spiro atoms. The van der Waals surface area contributed by atoms with Crippen LogP contribution in [0.3, 0.4) is 0 Å². The van der Waals surface area contributed by atoms with E-state index >= 15 is 0 Å². The molecule has 0 aromatic heterocycles. The van der Waals surface area contributed by atoms with Crippen LogP contribution in [0.5, 0.6) is 11.5 Å². The first-order chi connectivity index (χ1) is 17.1. The van der Waals surface area contributed by atoms with E-state index in [-0.39, 0.29) is 6.42 Å². The highest BCUT2D eigenvalue weighted by molar-refractivity contribution is 5.86. The van der Waals surface area contributed by atoms with Crippen LogP contribution in [-0.4, -0.2) is 30.3 Å². The van der Waals surface area contributed by atoms with Crippen LogP contribution in [0.2, 0.25) is 0 Å². The second-order valence-electron chi connectivity index (χ2n) is 10.3. The maximum Gasteiger partial charge on any atom is 0.408 e. The molecule has 3 aromatic carbocycles. The molecule has 0 aliphatic heterocycles. The fourth-order valence-corrected chi connectivity index (χ4v) is 4.60. The van der Waals surface area contributed by atoms with Gasteiger partial charge < -0.3 is 19.5 Å². The van der Waals surface area contributed by atoms with Crippen molar-refractivity contribution in [1.29, 1.82) is 0 Å². The summed E-state index contributed by atoms with van der Waals surface area (Å²) in [4.78, 5) is 25.5. The summed E-state index contributed by atoms with van der Waals surface area (Å²) in [7, 11) is 1.33. The molecular formula is C30H33NO5. The first-order valence-electron chi connectivity index (χ1n) is 12.1. The van der Waals surface area contributed by atoms with Gasteiger partial charge in [-0.3, -0.25) is 0 Å². The normalized spacial score (nSPS) is 17.0. The number of hydrogen-bond donors (Lipinski definition) is 1. The van der Waals surface area contributed by atoms with Crippen LogP contribution in [-0.2, 0) is 27.1 Å². The number of carbonyl (C=O) groups excluding carboxylic acids is 2. The highest BCUT2D eigenvalue weighted by atomic mass is 16.6. The Balaban J connectivity index is 1.62. The van der Waals surface area contributed by atoms with Crippen LogP contribution >= 0.6 is 0 Å². The fraction of sp³-hybridized carbons (Fsp3) is 0.333. The minimum absolute atomic E-state index is 0.283. The third kappa shape index (κ3) is 5.70. The van der Waals surface area contributed by atoms with Gasteiger partial charge in [-0.25, -0.2) is 9.59 Å². The van der Waals surface area contributed by atoms with Crippen LogP contribution in [0, 0.1) is 6.92 Å². The summed E-state index contributed by atoms with van der Waals surface area (Å²) in [6.07, 6.45) is 0.670. The lowest BCUT2D eigenvalue weighted by atomic mass is 9.78. The highest BCUT2D eigenvalue weighted by Gasteiger charge is 2.44. The van der Waals surface area contributed by atoms with Crippen molar-refractivity contribution in [3.8, 4) is 22.6 Å². The summed E-state index contributed by atoms with van der Waals surface area (Å²) in [6, 6.07) is 22.1. The van der Waals surface area contributed by atoms with Crippen molar-refractivity contribution in [2.45, 2.75) is 58.1 Å². The van der Waals surface area contributed by atoms with Gasteiger partial charge in [0.25, 0.3) is 0 Å². The molecule has 1 amide bonds. The van der Waals surface area contributed by atoms with Gasteiger partial charge in [-0.1, -0.05) is 54.1 Å². The zero-order valence-electron chi connectivity index (χ0n) is 21.5. The van der Waals surface area contributed by atoms with Crippen LogP contribution in [0.4, 0.5) is 4.79 Å². The van der Waals surface area contributed by atoms with Crippen molar-refractivity contribution in [2.24, 2.45) is 0 Å². The van der Waals surface area contributed by atoms with Crippen LogP contribution in [0.25, 0.3) is 11.1 Å². The Labute approximate surface area is 212 Å². The second kappa shape index (κ2) is 10.1. The molecule has 6 heteroatoms. The largest absolute Gasteiger partial charge is 0.467 e. The maximum atomic E-state index is 12.9. The second-order valence-corrected chi connectivity index (χ2v) is 10.3. The third-order valence-corrected chi connectivity index (χ3v) is 6.25. The predicted octanol–water partition coefficient (Wildman–Crippen LogP) is 6.38. The number of alkyl carbamates (subject to hydrolysis) is 1. The number of fused-ring (bicyclic) bond motifs is 1. The van der Waals surface area contributed by atoms with E-state index in [1.165, 1.54) is 12.7 Å². The van der Waals surface area contributed by atoms with Crippen molar-refractivity contribution in [3.63, 3.8) is 0 Å². The van der Waals surface area contributed by atoms with Crippen molar-refractivity contribution in [2.75, 3.05) is 7.11 Å². The smallest absolute Gasteiger partial charge is 0.408 e. The van der Waals surface area contributed by atoms with Crippen LogP contribution in [0.1, 0.15) is 43.9 Å². The molecule has 36 heavy (non-hydrogen) atoms. The van der Waals surface area contributed by atoms with Crippen molar-refractivity contribution < 1.29 is 23.8 Å². The molecule has 4 rings (SSSR count). The summed E-state index contributed by atoms with van der Waals surface area (Å²) in [5, 5.41) is 2.81. The average molecular weight is 488 g/mol. The van der Waals surface area contributed by atoms with Crippen LogP contribution < -0.4 is 10.1 Å².